The van der Waals surface area contributed by atoms with Crippen LogP contribution in [-0.4, -0.2) is 4.98 Å². The fraction of sp³-hybridized carbons (Fsp3) is 0.438. The molecule has 1 aliphatic carbocycles. The van der Waals surface area contributed by atoms with E-state index in [0.29, 0.717) is 6.54 Å². The van der Waals surface area contributed by atoms with E-state index >= 15 is 0 Å². The zero-order valence-electron chi connectivity index (χ0n) is 11.6. The van der Waals surface area contributed by atoms with E-state index in [1.54, 1.807) is 0 Å². The third-order valence-corrected chi connectivity index (χ3v) is 3.84. The van der Waals surface area contributed by atoms with Crippen molar-refractivity contribution in [1.82, 2.24) is 10.3 Å². The summed E-state index contributed by atoms with van der Waals surface area (Å²) in [6.45, 7) is 5.48. The molecule has 0 amide bonds. The van der Waals surface area contributed by atoms with Crippen molar-refractivity contribution in [3.63, 3.8) is 0 Å². The molecule has 0 aliphatic heterocycles. The quantitative estimate of drug-likeness (QED) is 0.913. The number of benzene rings is 1. The Balaban J connectivity index is 1.57. The second-order valence-corrected chi connectivity index (χ2v) is 5.31. The van der Waals surface area contributed by atoms with Gasteiger partial charge in [-0.05, 0) is 49.8 Å². The first-order valence-corrected chi connectivity index (χ1v) is 6.96. The molecule has 1 aromatic heterocycles. The number of hydrogen-bond acceptors (Lipinski definition) is 3. The Morgan fingerprint density at radius 1 is 1.16 bits per heavy atom. The van der Waals surface area contributed by atoms with Gasteiger partial charge in [0.15, 0.2) is 0 Å². The van der Waals surface area contributed by atoms with Gasteiger partial charge in [-0.2, -0.15) is 0 Å². The van der Waals surface area contributed by atoms with Crippen LogP contribution in [0.15, 0.2) is 22.6 Å². The van der Waals surface area contributed by atoms with Crippen LogP contribution in [0.1, 0.15) is 40.5 Å². The maximum atomic E-state index is 5.55. The zero-order valence-corrected chi connectivity index (χ0v) is 11.6. The first-order chi connectivity index (χ1) is 9.22. The fourth-order valence-electron chi connectivity index (χ4n) is 2.66. The molecule has 2 aromatic rings. The van der Waals surface area contributed by atoms with E-state index in [2.05, 4.69) is 28.5 Å². The molecular formula is C16H20N2O. The third-order valence-electron chi connectivity index (χ3n) is 3.84. The first kappa shape index (κ1) is 12.4. The Morgan fingerprint density at radius 3 is 2.79 bits per heavy atom. The van der Waals surface area contributed by atoms with E-state index in [4.69, 9.17) is 4.42 Å². The van der Waals surface area contributed by atoms with Crippen molar-refractivity contribution in [1.29, 1.82) is 0 Å². The molecule has 0 bridgehead atoms. The van der Waals surface area contributed by atoms with Crippen molar-refractivity contribution in [3.05, 3.63) is 52.2 Å². The molecule has 0 saturated carbocycles. The van der Waals surface area contributed by atoms with Gasteiger partial charge in [-0.3, -0.25) is 0 Å². The normalized spacial score (nSPS) is 13.8. The minimum Gasteiger partial charge on any atom is -0.444 e. The summed E-state index contributed by atoms with van der Waals surface area (Å²) >= 11 is 0. The zero-order chi connectivity index (χ0) is 13.2. The van der Waals surface area contributed by atoms with Crippen LogP contribution in [0.25, 0.3) is 0 Å². The summed E-state index contributed by atoms with van der Waals surface area (Å²) in [5, 5.41) is 3.39. The molecule has 3 heteroatoms. The lowest BCUT2D eigenvalue weighted by molar-refractivity contribution is 0.448. The van der Waals surface area contributed by atoms with E-state index in [1.165, 1.54) is 36.0 Å². The number of aromatic nitrogens is 1. The van der Waals surface area contributed by atoms with Gasteiger partial charge in [0.1, 0.15) is 5.76 Å². The first-order valence-electron chi connectivity index (χ1n) is 6.96. The topological polar surface area (TPSA) is 38.1 Å². The molecule has 0 fully saturated rings. The van der Waals surface area contributed by atoms with Gasteiger partial charge in [0.05, 0.1) is 12.2 Å². The molecule has 3 nitrogen and oxygen atoms in total. The van der Waals surface area contributed by atoms with Gasteiger partial charge in [0.25, 0.3) is 0 Å². The van der Waals surface area contributed by atoms with Gasteiger partial charge in [0.2, 0.25) is 5.89 Å². The van der Waals surface area contributed by atoms with E-state index < -0.39 is 0 Å². The lowest BCUT2D eigenvalue weighted by Crippen LogP contribution is -2.13. The van der Waals surface area contributed by atoms with Gasteiger partial charge >= 0.3 is 0 Å². The third kappa shape index (κ3) is 2.71. The van der Waals surface area contributed by atoms with Crippen LogP contribution in [-0.2, 0) is 25.9 Å². The predicted molar refractivity (Wildman–Crippen MR) is 75.0 cm³/mol. The molecule has 1 aliphatic rings. The van der Waals surface area contributed by atoms with E-state index in [9.17, 15) is 0 Å². The molecule has 0 atom stereocenters. The van der Waals surface area contributed by atoms with Gasteiger partial charge in [-0.15, -0.1) is 0 Å². The Kier molecular flexibility index (Phi) is 3.38. The molecule has 0 spiro atoms. The Morgan fingerprint density at radius 2 is 2.00 bits per heavy atom. The highest BCUT2D eigenvalue weighted by molar-refractivity contribution is 5.35. The minimum atomic E-state index is 0.686. The molecule has 1 aromatic carbocycles. The highest BCUT2D eigenvalue weighted by Gasteiger charge is 2.10. The summed E-state index contributed by atoms with van der Waals surface area (Å²) in [5.74, 6) is 1.69. The number of hydrogen-bond donors (Lipinski definition) is 1. The molecule has 1 heterocycles. The Labute approximate surface area is 114 Å². The summed E-state index contributed by atoms with van der Waals surface area (Å²) < 4.78 is 5.55. The number of rotatable bonds is 4. The number of aryl methyl sites for hydroxylation is 4. The summed E-state index contributed by atoms with van der Waals surface area (Å²) in [4.78, 5) is 4.37. The van der Waals surface area contributed by atoms with E-state index in [1.807, 2.05) is 13.8 Å². The van der Waals surface area contributed by atoms with Crippen LogP contribution in [0.5, 0.6) is 0 Å². The lowest BCUT2D eigenvalue weighted by atomic mass is 10.1. The van der Waals surface area contributed by atoms with Crippen molar-refractivity contribution in [2.45, 2.75) is 46.2 Å². The summed E-state index contributed by atoms with van der Waals surface area (Å²) in [7, 11) is 0. The molecule has 1 N–H and O–H groups in total. The Bertz CT molecular complexity index is 567. The van der Waals surface area contributed by atoms with Crippen LogP contribution in [0.3, 0.4) is 0 Å². The van der Waals surface area contributed by atoms with Gasteiger partial charge < -0.3 is 9.73 Å². The summed E-state index contributed by atoms with van der Waals surface area (Å²) in [6, 6.07) is 6.84. The SMILES string of the molecule is Cc1nc(CNCc2ccc3c(c2)CCC3)oc1C. The van der Waals surface area contributed by atoms with Crippen LogP contribution >= 0.6 is 0 Å². The Hall–Kier alpha value is -1.61. The number of oxazole rings is 1. The van der Waals surface area contributed by atoms with Crippen LogP contribution in [0, 0.1) is 13.8 Å². The molecule has 100 valence electrons. The van der Waals surface area contributed by atoms with Crippen LogP contribution in [0.4, 0.5) is 0 Å². The second kappa shape index (κ2) is 5.17. The van der Waals surface area contributed by atoms with Crippen LogP contribution in [0.2, 0.25) is 0 Å². The summed E-state index contributed by atoms with van der Waals surface area (Å²) in [6.07, 6.45) is 3.79. The van der Waals surface area contributed by atoms with Crippen LogP contribution < -0.4 is 5.32 Å². The maximum Gasteiger partial charge on any atom is 0.208 e. The van der Waals surface area contributed by atoms with Gasteiger partial charge in [0, 0.05) is 6.54 Å². The second-order valence-electron chi connectivity index (χ2n) is 5.31. The lowest BCUT2D eigenvalue weighted by Gasteiger charge is -2.05. The largest absolute Gasteiger partial charge is 0.444 e. The molecule has 0 radical (unpaired) electrons. The summed E-state index contributed by atoms with van der Waals surface area (Å²) in [5.41, 5.74) is 5.39. The number of nitrogens with zero attached hydrogens (tertiary/aromatic N) is 1. The number of fused-ring (bicyclic) bond motifs is 1. The van der Waals surface area contributed by atoms with Crippen molar-refractivity contribution in [3.8, 4) is 0 Å². The van der Waals surface area contributed by atoms with Crippen molar-refractivity contribution >= 4 is 0 Å². The monoisotopic (exact) mass is 256 g/mol. The minimum absolute atomic E-state index is 0.686. The van der Waals surface area contributed by atoms with Gasteiger partial charge in [-0.25, -0.2) is 4.98 Å². The van der Waals surface area contributed by atoms with E-state index in [-0.39, 0.29) is 0 Å². The predicted octanol–water partition coefficient (Wildman–Crippen LogP) is 3.07. The average molecular weight is 256 g/mol. The molecular weight excluding hydrogens is 236 g/mol. The van der Waals surface area contributed by atoms with Crippen molar-refractivity contribution in [2.24, 2.45) is 0 Å². The molecule has 0 saturated heterocycles. The molecule has 19 heavy (non-hydrogen) atoms. The maximum absolute atomic E-state index is 5.55. The number of nitrogens with one attached hydrogen (secondary N) is 1. The molecule has 3 rings (SSSR count). The van der Waals surface area contributed by atoms with Crippen molar-refractivity contribution in [2.75, 3.05) is 0 Å². The highest BCUT2D eigenvalue weighted by atomic mass is 16.4. The van der Waals surface area contributed by atoms with E-state index in [0.717, 1.165) is 23.9 Å². The highest BCUT2D eigenvalue weighted by Crippen LogP contribution is 2.22. The smallest absolute Gasteiger partial charge is 0.208 e. The van der Waals surface area contributed by atoms with Crippen molar-refractivity contribution < 1.29 is 4.42 Å². The standard InChI is InChI=1S/C16H20N2O/c1-11-12(2)19-16(18-11)10-17-9-13-6-7-14-4-3-5-15(14)8-13/h6-8,17H,3-5,9-10H2,1-2H3. The average Bonchev–Trinajstić information content (AvgIpc) is 2.96. The molecule has 0 unspecified atom stereocenters. The fourth-order valence-corrected chi connectivity index (χ4v) is 2.66. The van der Waals surface area contributed by atoms with Gasteiger partial charge in [-0.1, -0.05) is 18.2 Å².